The molecule has 0 radical (unpaired) electrons. The molecule has 10 nitrogen and oxygen atoms in total. The van der Waals surface area contributed by atoms with Gasteiger partial charge in [-0.2, -0.15) is 0 Å². The molecule has 0 spiro atoms. The highest BCUT2D eigenvalue weighted by atomic mass is 32.2. The molecule has 1 aromatic heterocycles. The first-order valence-electron chi connectivity index (χ1n) is 6.97. The average molecular weight is 350 g/mol. The Morgan fingerprint density at radius 1 is 1.29 bits per heavy atom. The van der Waals surface area contributed by atoms with Gasteiger partial charge in [0, 0.05) is 18.8 Å². The number of imide groups is 1. The third-order valence-electron chi connectivity index (χ3n) is 2.97. The number of benzene rings is 1. The number of nitrogens with one attached hydrogen (secondary N) is 2. The Balaban J connectivity index is 1.50. The van der Waals surface area contributed by atoms with Crippen molar-refractivity contribution in [2.24, 2.45) is 7.05 Å². The molecule has 1 aliphatic rings. The first kappa shape index (κ1) is 16.1. The third kappa shape index (κ3) is 3.93. The lowest BCUT2D eigenvalue weighted by Gasteiger charge is -2.19. The summed E-state index contributed by atoms with van der Waals surface area (Å²) in [5.74, 6) is 0.730. The first-order chi connectivity index (χ1) is 11.6. The van der Waals surface area contributed by atoms with Crippen LogP contribution >= 0.6 is 11.8 Å². The molecule has 0 saturated carbocycles. The maximum Gasteiger partial charge on any atom is 0.325 e. The predicted molar refractivity (Wildman–Crippen MR) is 84.1 cm³/mol. The van der Waals surface area contributed by atoms with Crippen LogP contribution < -0.4 is 20.1 Å². The van der Waals surface area contributed by atoms with E-state index in [1.807, 2.05) is 0 Å². The second-order valence-corrected chi connectivity index (χ2v) is 5.68. The maximum atomic E-state index is 11.8. The molecule has 0 atom stereocenters. The molecular formula is C13H14N6O4S. The van der Waals surface area contributed by atoms with E-state index < -0.39 is 11.9 Å². The van der Waals surface area contributed by atoms with Crippen LogP contribution in [0, 0.1) is 0 Å². The highest BCUT2D eigenvalue weighted by molar-refractivity contribution is 7.99. The number of nitrogens with zero attached hydrogens (tertiary/aromatic N) is 4. The van der Waals surface area contributed by atoms with Gasteiger partial charge in [0.2, 0.25) is 11.1 Å². The van der Waals surface area contributed by atoms with E-state index in [4.69, 9.17) is 9.47 Å². The summed E-state index contributed by atoms with van der Waals surface area (Å²) in [7, 11) is 1.66. The molecule has 24 heavy (non-hydrogen) atoms. The largest absolute Gasteiger partial charge is 0.486 e. The summed E-state index contributed by atoms with van der Waals surface area (Å²) in [6, 6.07) is 4.37. The van der Waals surface area contributed by atoms with Crippen LogP contribution in [-0.2, 0) is 11.8 Å². The van der Waals surface area contributed by atoms with Gasteiger partial charge >= 0.3 is 6.03 Å². The van der Waals surface area contributed by atoms with Crippen LogP contribution in [0.1, 0.15) is 0 Å². The maximum absolute atomic E-state index is 11.8. The van der Waals surface area contributed by atoms with E-state index in [2.05, 4.69) is 26.2 Å². The van der Waals surface area contributed by atoms with Crippen molar-refractivity contribution in [2.45, 2.75) is 5.16 Å². The average Bonchev–Trinajstić information content (AvgIpc) is 2.98. The minimum atomic E-state index is -0.631. The molecule has 2 aromatic rings. The van der Waals surface area contributed by atoms with Gasteiger partial charge in [-0.25, -0.2) is 9.48 Å². The molecule has 0 fully saturated rings. The Morgan fingerprint density at radius 2 is 2.08 bits per heavy atom. The van der Waals surface area contributed by atoms with Crippen LogP contribution in [-0.4, -0.2) is 51.1 Å². The van der Waals surface area contributed by atoms with Gasteiger partial charge in [0.15, 0.2) is 11.5 Å². The number of hydrogen-bond acceptors (Lipinski definition) is 8. The van der Waals surface area contributed by atoms with Crippen LogP contribution in [0.5, 0.6) is 11.5 Å². The van der Waals surface area contributed by atoms with Crippen molar-refractivity contribution in [2.75, 3.05) is 24.3 Å². The number of amides is 3. The number of urea groups is 1. The van der Waals surface area contributed by atoms with Gasteiger partial charge in [0.1, 0.15) is 13.2 Å². The van der Waals surface area contributed by atoms with E-state index in [-0.39, 0.29) is 5.75 Å². The lowest BCUT2D eigenvalue weighted by molar-refractivity contribution is -0.117. The van der Waals surface area contributed by atoms with E-state index in [1.54, 1.807) is 25.2 Å². The number of rotatable bonds is 4. The van der Waals surface area contributed by atoms with Gasteiger partial charge in [-0.3, -0.25) is 10.1 Å². The number of hydrogen-bond donors (Lipinski definition) is 2. The monoisotopic (exact) mass is 350 g/mol. The predicted octanol–water partition coefficient (Wildman–Crippen LogP) is 0.422. The number of anilines is 1. The zero-order valence-corrected chi connectivity index (χ0v) is 13.5. The lowest BCUT2D eigenvalue weighted by Crippen LogP contribution is -2.35. The van der Waals surface area contributed by atoms with Crippen molar-refractivity contribution in [3.8, 4) is 11.5 Å². The summed E-state index contributed by atoms with van der Waals surface area (Å²) in [5, 5.41) is 16.1. The van der Waals surface area contributed by atoms with Gasteiger partial charge in [-0.15, -0.1) is 5.10 Å². The fourth-order valence-electron chi connectivity index (χ4n) is 1.92. The summed E-state index contributed by atoms with van der Waals surface area (Å²) in [6.07, 6.45) is 0. The molecule has 2 N–H and O–H groups in total. The fraction of sp³-hybridized carbons (Fsp3) is 0.308. The van der Waals surface area contributed by atoms with E-state index in [0.717, 1.165) is 11.8 Å². The topological polar surface area (TPSA) is 120 Å². The first-order valence-corrected chi connectivity index (χ1v) is 7.96. The molecule has 0 bridgehead atoms. The Morgan fingerprint density at radius 3 is 2.83 bits per heavy atom. The Bertz CT molecular complexity index is 765. The molecule has 3 amide bonds. The number of thioether (sulfide) groups is 1. The van der Waals surface area contributed by atoms with Crippen LogP contribution in [0.3, 0.4) is 0 Å². The molecule has 11 heteroatoms. The number of carbonyl (C=O) groups excluding carboxylic acids is 2. The lowest BCUT2D eigenvalue weighted by atomic mass is 10.2. The molecule has 2 heterocycles. The van der Waals surface area contributed by atoms with E-state index in [9.17, 15) is 9.59 Å². The number of aryl methyl sites for hydroxylation is 1. The smallest absolute Gasteiger partial charge is 0.325 e. The number of tetrazole rings is 1. The molecule has 0 unspecified atom stereocenters. The van der Waals surface area contributed by atoms with E-state index in [0.29, 0.717) is 35.6 Å². The molecule has 126 valence electrons. The van der Waals surface area contributed by atoms with Gasteiger partial charge < -0.3 is 14.8 Å². The van der Waals surface area contributed by atoms with Gasteiger partial charge in [0.25, 0.3) is 0 Å². The Labute approximate surface area is 140 Å². The van der Waals surface area contributed by atoms with Crippen LogP contribution in [0.2, 0.25) is 0 Å². The van der Waals surface area contributed by atoms with Gasteiger partial charge in [-0.1, -0.05) is 11.8 Å². The summed E-state index contributed by atoms with van der Waals surface area (Å²) >= 11 is 1.13. The molecule has 1 aromatic carbocycles. The highest BCUT2D eigenvalue weighted by Crippen LogP contribution is 2.32. The van der Waals surface area contributed by atoms with Gasteiger partial charge in [-0.05, 0) is 22.6 Å². The number of aromatic nitrogens is 4. The Kier molecular flexibility index (Phi) is 4.79. The zero-order chi connectivity index (χ0) is 16.9. The van der Waals surface area contributed by atoms with Crippen molar-refractivity contribution in [3.05, 3.63) is 18.2 Å². The summed E-state index contributed by atoms with van der Waals surface area (Å²) in [5.41, 5.74) is 0.495. The minimum Gasteiger partial charge on any atom is -0.486 e. The molecule has 0 aliphatic carbocycles. The molecule has 3 rings (SSSR count). The number of carbonyl (C=O) groups is 2. The van der Waals surface area contributed by atoms with Crippen molar-refractivity contribution in [3.63, 3.8) is 0 Å². The highest BCUT2D eigenvalue weighted by Gasteiger charge is 2.14. The number of fused-ring (bicyclic) bond motifs is 1. The molecule has 0 saturated heterocycles. The standard InChI is InChI=1S/C13H14N6O4S/c1-19-13(16-17-18-19)24-7-11(20)15-12(21)14-8-2-3-9-10(6-8)23-5-4-22-9/h2-3,6H,4-5,7H2,1H3,(H2,14,15,20,21). The summed E-state index contributed by atoms with van der Waals surface area (Å²) < 4.78 is 12.3. The summed E-state index contributed by atoms with van der Waals surface area (Å²) in [6.45, 7) is 0.947. The zero-order valence-electron chi connectivity index (χ0n) is 12.7. The Hall–Kier alpha value is -2.82. The van der Waals surface area contributed by atoms with Crippen LogP contribution in [0.25, 0.3) is 0 Å². The third-order valence-corrected chi connectivity index (χ3v) is 3.98. The SMILES string of the molecule is Cn1nnnc1SCC(=O)NC(=O)Nc1ccc2c(c1)OCCO2. The minimum absolute atomic E-state index is 0.0166. The fourth-order valence-corrected chi connectivity index (χ4v) is 2.57. The molecule has 1 aliphatic heterocycles. The quantitative estimate of drug-likeness (QED) is 0.761. The van der Waals surface area contributed by atoms with Crippen molar-refractivity contribution >= 4 is 29.4 Å². The molecular weight excluding hydrogens is 336 g/mol. The second kappa shape index (κ2) is 7.17. The second-order valence-electron chi connectivity index (χ2n) is 4.73. The van der Waals surface area contributed by atoms with Crippen LogP contribution in [0.15, 0.2) is 23.4 Å². The number of ether oxygens (including phenoxy) is 2. The van der Waals surface area contributed by atoms with Gasteiger partial charge in [0.05, 0.1) is 5.75 Å². The van der Waals surface area contributed by atoms with E-state index >= 15 is 0 Å². The summed E-state index contributed by atoms with van der Waals surface area (Å²) in [4.78, 5) is 23.6. The normalized spacial score (nSPS) is 12.5. The van der Waals surface area contributed by atoms with Crippen molar-refractivity contribution in [1.82, 2.24) is 25.5 Å². The van der Waals surface area contributed by atoms with Crippen molar-refractivity contribution < 1.29 is 19.1 Å². The van der Waals surface area contributed by atoms with E-state index in [1.165, 1.54) is 4.68 Å². The van der Waals surface area contributed by atoms with Crippen molar-refractivity contribution in [1.29, 1.82) is 0 Å². The van der Waals surface area contributed by atoms with Crippen LogP contribution in [0.4, 0.5) is 10.5 Å².